The Morgan fingerprint density at radius 2 is 1.89 bits per heavy atom. The number of nitrogens with zero attached hydrogens (tertiary/aromatic N) is 4. The molecule has 0 N–H and O–H groups in total. The fourth-order valence-electron chi connectivity index (χ4n) is 4.00. The molecule has 1 aliphatic rings. The molecule has 2 aromatic carbocycles. The number of carbonyl (C=O) groups excluding carboxylic acids is 3. The second kappa shape index (κ2) is 9.63. The van der Waals surface area contributed by atoms with E-state index in [2.05, 4.69) is 4.98 Å². The fraction of sp³-hybridized carbons (Fsp3) is 0.192. The van der Waals surface area contributed by atoms with E-state index in [-0.39, 0.29) is 37.1 Å². The highest BCUT2D eigenvalue weighted by molar-refractivity contribution is 7.22. The van der Waals surface area contributed by atoms with Gasteiger partial charge in [0.15, 0.2) is 5.13 Å². The van der Waals surface area contributed by atoms with E-state index in [1.807, 2.05) is 37.3 Å². The summed E-state index contributed by atoms with van der Waals surface area (Å²) >= 11 is 1.39. The first-order chi connectivity index (χ1) is 17.0. The molecule has 2 aromatic heterocycles. The molecule has 8 nitrogen and oxygen atoms in total. The molecule has 0 radical (unpaired) electrons. The summed E-state index contributed by atoms with van der Waals surface area (Å²) in [5.41, 5.74) is 2.28. The first-order valence-corrected chi connectivity index (χ1v) is 12.1. The molecule has 0 spiro atoms. The van der Waals surface area contributed by atoms with E-state index in [9.17, 15) is 14.4 Å². The number of benzene rings is 2. The Hall–Kier alpha value is -4.11. The van der Waals surface area contributed by atoms with Crippen LogP contribution in [0.2, 0.25) is 0 Å². The third kappa shape index (κ3) is 4.50. The van der Waals surface area contributed by atoms with Gasteiger partial charge in [0.1, 0.15) is 11.3 Å². The van der Waals surface area contributed by atoms with Crippen molar-refractivity contribution < 1.29 is 19.1 Å². The van der Waals surface area contributed by atoms with Crippen LogP contribution in [0.1, 0.15) is 35.7 Å². The molecule has 35 heavy (non-hydrogen) atoms. The molecule has 0 unspecified atom stereocenters. The standard InChI is InChI=1S/C26H22N4O4S/c1-2-34-20-9-4-10-21-24(20)28-26(35-21)29(16-17-6-5-13-27-15-17)25(33)18-7-3-8-19(14-18)30-22(31)11-12-23(30)32/h3-10,13-15H,2,11-12,16H2,1H3. The van der Waals surface area contributed by atoms with Crippen LogP contribution in [0.5, 0.6) is 5.75 Å². The molecule has 0 saturated carbocycles. The van der Waals surface area contributed by atoms with Crippen molar-refractivity contribution in [1.29, 1.82) is 0 Å². The predicted molar refractivity (Wildman–Crippen MR) is 134 cm³/mol. The highest BCUT2D eigenvalue weighted by atomic mass is 32.1. The van der Waals surface area contributed by atoms with Crippen molar-refractivity contribution in [3.8, 4) is 5.75 Å². The van der Waals surface area contributed by atoms with Crippen LogP contribution < -0.4 is 14.5 Å². The molecule has 0 aliphatic carbocycles. The number of thiazole rings is 1. The molecule has 3 amide bonds. The van der Waals surface area contributed by atoms with Crippen molar-refractivity contribution in [2.75, 3.05) is 16.4 Å². The lowest BCUT2D eigenvalue weighted by molar-refractivity contribution is -0.121. The number of hydrogen-bond acceptors (Lipinski definition) is 7. The quantitative estimate of drug-likeness (QED) is 0.355. The van der Waals surface area contributed by atoms with Gasteiger partial charge in [0.05, 0.1) is 23.5 Å². The van der Waals surface area contributed by atoms with E-state index in [4.69, 9.17) is 9.72 Å². The molecule has 0 atom stereocenters. The van der Waals surface area contributed by atoms with Gasteiger partial charge in [-0.1, -0.05) is 29.5 Å². The van der Waals surface area contributed by atoms with E-state index < -0.39 is 0 Å². The number of para-hydroxylation sites is 1. The van der Waals surface area contributed by atoms with E-state index in [0.29, 0.717) is 34.3 Å². The molecule has 9 heteroatoms. The number of anilines is 2. The third-order valence-corrected chi connectivity index (χ3v) is 6.66. The Morgan fingerprint density at radius 3 is 2.63 bits per heavy atom. The van der Waals surface area contributed by atoms with Crippen LogP contribution in [0.4, 0.5) is 10.8 Å². The topological polar surface area (TPSA) is 92.7 Å². The molecule has 1 aliphatic heterocycles. The smallest absolute Gasteiger partial charge is 0.260 e. The van der Waals surface area contributed by atoms with Crippen molar-refractivity contribution in [2.24, 2.45) is 0 Å². The predicted octanol–water partition coefficient (Wildman–Crippen LogP) is 4.59. The molecular weight excluding hydrogens is 464 g/mol. The van der Waals surface area contributed by atoms with Crippen LogP contribution >= 0.6 is 11.3 Å². The van der Waals surface area contributed by atoms with Crippen LogP contribution in [0.3, 0.4) is 0 Å². The zero-order chi connectivity index (χ0) is 24.4. The van der Waals surface area contributed by atoms with Gasteiger partial charge < -0.3 is 4.74 Å². The number of pyridine rings is 1. The maximum atomic E-state index is 13.8. The normalized spacial score (nSPS) is 13.5. The summed E-state index contributed by atoms with van der Waals surface area (Å²) in [5.74, 6) is -0.163. The monoisotopic (exact) mass is 486 g/mol. The lowest BCUT2D eigenvalue weighted by atomic mass is 10.1. The van der Waals surface area contributed by atoms with Crippen LogP contribution in [-0.4, -0.2) is 34.3 Å². The van der Waals surface area contributed by atoms with Crippen molar-refractivity contribution in [1.82, 2.24) is 9.97 Å². The fourth-order valence-corrected chi connectivity index (χ4v) is 4.98. The molecule has 176 valence electrons. The first kappa shape index (κ1) is 22.7. The maximum Gasteiger partial charge on any atom is 0.260 e. The van der Waals surface area contributed by atoms with E-state index >= 15 is 0 Å². The third-order valence-electron chi connectivity index (χ3n) is 5.61. The van der Waals surface area contributed by atoms with Gasteiger partial charge in [0.2, 0.25) is 11.8 Å². The minimum absolute atomic E-state index is 0.179. The minimum atomic E-state index is -0.299. The summed E-state index contributed by atoms with van der Waals surface area (Å²) in [4.78, 5) is 49.9. The summed E-state index contributed by atoms with van der Waals surface area (Å²) < 4.78 is 6.63. The number of carbonyl (C=O) groups is 3. The Balaban J connectivity index is 1.55. The van der Waals surface area contributed by atoms with E-state index in [1.54, 1.807) is 41.6 Å². The van der Waals surface area contributed by atoms with Crippen LogP contribution in [0, 0.1) is 0 Å². The molecule has 0 bridgehead atoms. The number of rotatable bonds is 7. The Kier molecular flexibility index (Phi) is 6.24. The summed E-state index contributed by atoms with van der Waals surface area (Å²) in [6.07, 6.45) is 3.74. The van der Waals surface area contributed by atoms with Crippen molar-refractivity contribution in [3.05, 3.63) is 78.1 Å². The van der Waals surface area contributed by atoms with Crippen LogP contribution in [-0.2, 0) is 16.1 Å². The van der Waals surface area contributed by atoms with Crippen molar-refractivity contribution in [2.45, 2.75) is 26.3 Å². The average Bonchev–Trinajstić information content (AvgIpc) is 3.46. The second-order valence-electron chi connectivity index (χ2n) is 7.96. The molecule has 4 aromatic rings. The SMILES string of the molecule is CCOc1cccc2sc(N(Cc3cccnc3)C(=O)c3cccc(N4C(=O)CCC4=O)c3)nc12. The highest BCUT2D eigenvalue weighted by Crippen LogP contribution is 2.35. The van der Waals surface area contributed by atoms with Gasteiger partial charge >= 0.3 is 0 Å². The summed E-state index contributed by atoms with van der Waals surface area (Å²) in [5, 5.41) is 0.514. The number of aromatic nitrogens is 2. The number of imide groups is 1. The second-order valence-corrected chi connectivity index (χ2v) is 8.97. The van der Waals surface area contributed by atoms with Gasteiger partial charge in [-0.15, -0.1) is 0 Å². The van der Waals surface area contributed by atoms with Crippen LogP contribution in [0.15, 0.2) is 67.0 Å². The van der Waals surface area contributed by atoms with Crippen LogP contribution in [0.25, 0.3) is 10.2 Å². The largest absolute Gasteiger partial charge is 0.492 e. The van der Waals surface area contributed by atoms with Gasteiger partial charge in [-0.2, -0.15) is 0 Å². The molecule has 5 rings (SSSR count). The van der Waals surface area contributed by atoms with Crippen molar-refractivity contribution >= 4 is 50.1 Å². The number of ether oxygens (including phenoxy) is 1. The summed E-state index contributed by atoms with van der Waals surface area (Å²) in [7, 11) is 0. The van der Waals surface area contributed by atoms with Gasteiger partial charge in [-0.05, 0) is 48.9 Å². The molecular formula is C26H22N4O4S. The molecule has 1 saturated heterocycles. The Bertz CT molecular complexity index is 1400. The zero-order valence-corrected chi connectivity index (χ0v) is 19.8. The van der Waals surface area contributed by atoms with Gasteiger partial charge in [0.25, 0.3) is 5.91 Å². The summed E-state index contributed by atoms with van der Waals surface area (Å²) in [6.45, 7) is 2.67. The molecule has 1 fully saturated rings. The van der Waals surface area contributed by atoms with E-state index in [1.165, 1.54) is 11.3 Å². The zero-order valence-electron chi connectivity index (χ0n) is 19.0. The van der Waals surface area contributed by atoms with Crippen molar-refractivity contribution in [3.63, 3.8) is 0 Å². The van der Waals surface area contributed by atoms with E-state index in [0.717, 1.165) is 15.2 Å². The highest BCUT2D eigenvalue weighted by Gasteiger charge is 2.31. The van der Waals surface area contributed by atoms with Gasteiger partial charge in [-0.25, -0.2) is 4.98 Å². The Morgan fingerprint density at radius 1 is 1.09 bits per heavy atom. The van der Waals surface area contributed by atoms with Gasteiger partial charge in [0, 0.05) is 30.8 Å². The number of amides is 3. The molecule has 3 heterocycles. The van der Waals surface area contributed by atoms with Gasteiger partial charge in [-0.3, -0.25) is 29.2 Å². The minimum Gasteiger partial charge on any atom is -0.492 e. The average molecular weight is 487 g/mol. The number of hydrogen-bond donors (Lipinski definition) is 0. The lowest BCUT2D eigenvalue weighted by Crippen LogP contribution is -2.31. The maximum absolute atomic E-state index is 13.8. The number of fused-ring (bicyclic) bond motifs is 1. The summed E-state index contributed by atoms with van der Waals surface area (Å²) in [6, 6.07) is 16.0. The first-order valence-electron chi connectivity index (χ1n) is 11.2. The lowest BCUT2D eigenvalue weighted by Gasteiger charge is -2.21. The Labute approximate surface area is 205 Å².